The van der Waals surface area contributed by atoms with E-state index in [1.807, 2.05) is 32.9 Å². The molecule has 0 saturated carbocycles. The second-order valence-electron chi connectivity index (χ2n) is 9.59. The number of aryl methyl sites for hydroxylation is 1. The monoisotopic (exact) mass is 439 g/mol. The highest BCUT2D eigenvalue weighted by Gasteiger charge is 2.27. The van der Waals surface area contributed by atoms with Crippen molar-refractivity contribution in [2.24, 2.45) is 5.92 Å². The molecular weight excluding hydrogens is 405 g/mol. The summed E-state index contributed by atoms with van der Waals surface area (Å²) in [6.07, 6.45) is 2.61. The molecule has 1 saturated heterocycles. The maximum Gasteiger partial charge on any atom is 0.255 e. The van der Waals surface area contributed by atoms with Gasteiger partial charge in [-0.2, -0.15) is 0 Å². The summed E-state index contributed by atoms with van der Waals surface area (Å²) in [7, 11) is 0. The number of piperidine rings is 1. The minimum Gasteiger partial charge on any atom is -0.351 e. The van der Waals surface area contributed by atoms with E-state index in [4.69, 9.17) is 0 Å². The van der Waals surface area contributed by atoms with E-state index >= 15 is 0 Å². The van der Waals surface area contributed by atoms with Crippen LogP contribution in [0.2, 0.25) is 0 Å². The molecule has 1 aliphatic rings. The second-order valence-corrected chi connectivity index (χ2v) is 9.59. The Hall–Kier alpha value is -2.73. The minimum atomic E-state index is -0.365. The largest absolute Gasteiger partial charge is 0.351 e. The summed E-state index contributed by atoms with van der Waals surface area (Å²) in [5, 5.41) is 6.01. The number of benzene rings is 2. The molecule has 0 spiro atoms. The Bertz CT molecular complexity index is 943. The molecule has 0 aliphatic carbocycles. The first kappa shape index (κ1) is 23.9. The molecule has 5 nitrogen and oxygen atoms in total. The van der Waals surface area contributed by atoms with Crippen molar-refractivity contribution in [2.75, 3.05) is 18.4 Å². The van der Waals surface area contributed by atoms with Gasteiger partial charge in [0.2, 0.25) is 5.91 Å². The number of nitrogens with zero attached hydrogens (tertiary/aromatic N) is 1. The van der Waals surface area contributed by atoms with Crippen LogP contribution in [-0.4, -0.2) is 35.3 Å². The SMILES string of the molecule is CCc1ccc(NC(=O)c2ccc(F)cc2)cc1CN1CCC(C(=O)NC(C)(C)C)CC1. The van der Waals surface area contributed by atoms with Gasteiger partial charge in [0, 0.05) is 29.3 Å². The minimum absolute atomic E-state index is 0.0671. The number of rotatable bonds is 6. The van der Waals surface area contributed by atoms with Gasteiger partial charge in [-0.15, -0.1) is 0 Å². The Morgan fingerprint density at radius 3 is 2.28 bits per heavy atom. The summed E-state index contributed by atoms with van der Waals surface area (Å²) in [6, 6.07) is 11.5. The normalized spacial score (nSPS) is 15.4. The third-order valence-electron chi connectivity index (χ3n) is 5.80. The van der Waals surface area contributed by atoms with E-state index in [0.29, 0.717) is 5.56 Å². The van der Waals surface area contributed by atoms with Crippen molar-refractivity contribution in [3.8, 4) is 0 Å². The van der Waals surface area contributed by atoms with E-state index in [0.717, 1.165) is 44.6 Å². The highest BCUT2D eigenvalue weighted by molar-refractivity contribution is 6.04. The van der Waals surface area contributed by atoms with Crippen LogP contribution in [0.5, 0.6) is 0 Å². The predicted octanol–water partition coefficient (Wildman–Crippen LogP) is 4.77. The number of hydrogen-bond acceptors (Lipinski definition) is 3. The lowest BCUT2D eigenvalue weighted by molar-refractivity contribution is -0.127. The number of amides is 2. The van der Waals surface area contributed by atoms with E-state index in [1.54, 1.807) is 0 Å². The zero-order chi connectivity index (χ0) is 23.3. The van der Waals surface area contributed by atoms with Gasteiger partial charge in [0.05, 0.1) is 0 Å². The van der Waals surface area contributed by atoms with Crippen LogP contribution in [0.3, 0.4) is 0 Å². The van der Waals surface area contributed by atoms with Crippen molar-refractivity contribution in [3.63, 3.8) is 0 Å². The summed E-state index contributed by atoms with van der Waals surface area (Å²) in [5.74, 6) is -0.406. The fourth-order valence-electron chi connectivity index (χ4n) is 4.07. The van der Waals surface area contributed by atoms with Gasteiger partial charge >= 0.3 is 0 Å². The van der Waals surface area contributed by atoms with E-state index in [9.17, 15) is 14.0 Å². The molecule has 172 valence electrons. The summed E-state index contributed by atoms with van der Waals surface area (Å²) < 4.78 is 13.1. The van der Waals surface area contributed by atoms with E-state index in [-0.39, 0.29) is 29.1 Å². The third kappa shape index (κ3) is 6.63. The van der Waals surface area contributed by atoms with Crippen LogP contribution in [0.4, 0.5) is 10.1 Å². The number of likely N-dealkylation sites (tertiary alicyclic amines) is 1. The number of nitrogens with one attached hydrogen (secondary N) is 2. The molecule has 1 fully saturated rings. The number of halogens is 1. The van der Waals surface area contributed by atoms with Crippen LogP contribution >= 0.6 is 0 Å². The molecule has 0 unspecified atom stereocenters. The topological polar surface area (TPSA) is 61.4 Å². The smallest absolute Gasteiger partial charge is 0.255 e. The predicted molar refractivity (Wildman–Crippen MR) is 126 cm³/mol. The lowest BCUT2D eigenvalue weighted by Crippen LogP contribution is -2.46. The fraction of sp³-hybridized carbons (Fsp3) is 0.462. The van der Waals surface area contributed by atoms with Gasteiger partial charge in [-0.3, -0.25) is 14.5 Å². The Labute approximate surface area is 190 Å². The molecule has 0 bridgehead atoms. The molecule has 3 rings (SSSR count). The Morgan fingerprint density at radius 1 is 1.03 bits per heavy atom. The summed E-state index contributed by atoms with van der Waals surface area (Å²) in [6.45, 7) is 10.7. The number of carbonyl (C=O) groups excluding carboxylic acids is 2. The zero-order valence-electron chi connectivity index (χ0n) is 19.5. The quantitative estimate of drug-likeness (QED) is 0.682. The van der Waals surface area contributed by atoms with Crippen molar-refractivity contribution < 1.29 is 14.0 Å². The maximum atomic E-state index is 13.1. The van der Waals surface area contributed by atoms with Crippen LogP contribution < -0.4 is 10.6 Å². The van der Waals surface area contributed by atoms with Crippen molar-refractivity contribution in [3.05, 3.63) is 65.0 Å². The third-order valence-corrected chi connectivity index (χ3v) is 5.80. The molecular formula is C26H34FN3O2. The molecule has 2 amide bonds. The highest BCUT2D eigenvalue weighted by atomic mass is 19.1. The van der Waals surface area contributed by atoms with Gasteiger partial charge in [-0.25, -0.2) is 4.39 Å². The van der Waals surface area contributed by atoms with Gasteiger partial charge < -0.3 is 10.6 Å². The van der Waals surface area contributed by atoms with Crippen LogP contribution in [-0.2, 0) is 17.8 Å². The molecule has 1 heterocycles. The maximum absolute atomic E-state index is 13.1. The van der Waals surface area contributed by atoms with Crippen LogP contribution in [0, 0.1) is 11.7 Å². The average Bonchev–Trinajstić information content (AvgIpc) is 2.74. The lowest BCUT2D eigenvalue weighted by Gasteiger charge is -2.33. The molecule has 0 aromatic heterocycles. The molecule has 2 aromatic rings. The number of hydrogen-bond donors (Lipinski definition) is 2. The first-order valence-corrected chi connectivity index (χ1v) is 11.4. The number of carbonyl (C=O) groups is 2. The highest BCUT2D eigenvalue weighted by Crippen LogP contribution is 2.24. The first-order valence-electron chi connectivity index (χ1n) is 11.4. The van der Waals surface area contributed by atoms with Crippen LogP contribution in [0.1, 0.15) is 62.0 Å². The molecule has 2 N–H and O–H groups in total. The van der Waals surface area contributed by atoms with Crippen LogP contribution in [0.15, 0.2) is 42.5 Å². The Morgan fingerprint density at radius 2 is 1.69 bits per heavy atom. The van der Waals surface area contributed by atoms with Crippen molar-refractivity contribution in [1.82, 2.24) is 10.2 Å². The van der Waals surface area contributed by atoms with Gasteiger partial charge in [0.25, 0.3) is 5.91 Å². The first-order chi connectivity index (χ1) is 15.1. The van der Waals surface area contributed by atoms with Crippen molar-refractivity contribution in [1.29, 1.82) is 0 Å². The molecule has 1 aliphatic heterocycles. The summed E-state index contributed by atoms with van der Waals surface area (Å²) in [4.78, 5) is 27.3. The van der Waals surface area contributed by atoms with E-state index < -0.39 is 0 Å². The Kier molecular flexibility index (Phi) is 7.67. The zero-order valence-corrected chi connectivity index (χ0v) is 19.5. The molecule has 0 radical (unpaired) electrons. The summed E-state index contributed by atoms with van der Waals surface area (Å²) in [5.41, 5.74) is 3.37. The summed E-state index contributed by atoms with van der Waals surface area (Å²) >= 11 is 0. The van der Waals surface area contributed by atoms with Crippen molar-refractivity contribution in [2.45, 2.75) is 59.0 Å². The Balaban J connectivity index is 1.62. The van der Waals surface area contributed by atoms with E-state index in [1.165, 1.54) is 35.4 Å². The average molecular weight is 440 g/mol. The van der Waals surface area contributed by atoms with Gasteiger partial charge in [0.15, 0.2) is 0 Å². The molecule has 0 atom stereocenters. The standard InChI is InChI=1S/C26H34FN3O2/c1-5-18-8-11-23(28-24(31)19-6-9-22(27)10-7-19)16-21(18)17-30-14-12-20(13-15-30)25(32)29-26(2,3)4/h6-11,16,20H,5,12-15,17H2,1-4H3,(H,28,31)(H,29,32). The molecule has 2 aromatic carbocycles. The van der Waals surface area contributed by atoms with Gasteiger partial charge in [-0.1, -0.05) is 13.0 Å². The van der Waals surface area contributed by atoms with Crippen molar-refractivity contribution >= 4 is 17.5 Å². The molecule has 6 heteroatoms. The molecule has 32 heavy (non-hydrogen) atoms. The number of anilines is 1. The van der Waals surface area contributed by atoms with Gasteiger partial charge in [0.1, 0.15) is 5.82 Å². The van der Waals surface area contributed by atoms with E-state index in [2.05, 4.69) is 28.5 Å². The lowest BCUT2D eigenvalue weighted by atomic mass is 9.93. The second kappa shape index (κ2) is 10.3. The van der Waals surface area contributed by atoms with Gasteiger partial charge in [-0.05, 0) is 101 Å². The fourth-order valence-corrected chi connectivity index (χ4v) is 4.07. The van der Waals surface area contributed by atoms with Crippen LogP contribution in [0.25, 0.3) is 0 Å².